The first-order chi connectivity index (χ1) is 17.0. The van der Waals surface area contributed by atoms with Crippen LogP contribution in [0.15, 0.2) is 73.1 Å². The second-order valence-corrected chi connectivity index (χ2v) is 9.08. The van der Waals surface area contributed by atoms with E-state index in [1.807, 2.05) is 53.4 Å². The number of carboxylic acid groups (broad SMARTS) is 1. The third-order valence-electron chi connectivity index (χ3n) is 4.91. The molecule has 0 aliphatic heterocycles. The Morgan fingerprint density at radius 3 is 2.06 bits per heavy atom. The zero-order valence-electron chi connectivity index (χ0n) is 20.3. The molecule has 2 atom stereocenters. The zero-order chi connectivity index (χ0) is 26.3. The van der Waals surface area contributed by atoms with Crippen molar-refractivity contribution < 1.29 is 29.0 Å². The van der Waals surface area contributed by atoms with Gasteiger partial charge in [0.2, 0.25) is 5.91 Å². The summed E-state index contributed by atoms with van der Waals surface area (Å²) in [5.74, 6) is -0.724. The van der Waals surface area contributed by atoms with Gasteiger partial charge in [-0.15, -0.1) is 0 Å². The van der Waals surface area contributed by atoms with Crippen LogP contribution in [-0.2, 0) is 14.3 Å². The van der Waals surface area contributed by atoms with Gasteiger partial charge in [-0.05, 0) is 81.4 Å². The fourth-order valence-corrected chi connectivity index (χ4v) is 3.20. The van der Waals surface area contributed by atoms with Gasteiger partial charge in [0.05, 0.1) is 0 Å². The minimum absolute atomic E-state index is 0.319. The third kappa shape index (κ3) is 7.88. The monoisotopic (exact) mass is 494 g/mol. The Morgan fingerprint density at radius 2 is 1.53 bits per heavy atom. The first-order valence-electron chi connectivity index (χ1n) is 11.3. The maximum absolute atomic E-state index is 12.8. The van der Waals surface area contributed by atoms with Crippen molar-refractivity contribution in [3.05, 3.63) is 73.1 Å². The first-order valence-corrected chi connectivity index (χ1v) is 11.3. The number of carbonyl (C=O) groups is 3. The van der Waals surface area contributed by atoms with E-state index in [1.54, 1.807) is 45.0 Å². The van der Waals surface area contributed by atoms with Crippen LogP contribution in [0.2, 0.25) is 0 Å². The highest BCUT2D eigenvalue weighted by molar-refractivity contribution is 5.97. The number of carboxylic acids is 1. The van der Waals surface area contributed by atoms with Crippen LogP contribution in [0.5, 0.6) is 11.5 Å². The molecule has 0 spiro atoms. The van der Waals surface area contributed by atoms with Gasteiger partial charge in [0.1, 0.15) is 29.2 Å². The lowest BCUT2D eigenvalue weighted by atomic mass is 10.1. The number of nitrogens with zero attached hydrogens (tertiary/aromatic N) is 1. The number of hydrogen-bond acceptors (Lipinski definition) is 6. The fourth-order valence-electron chi connectivity index (χ4n) is 3.20. The highest BCUT2D eigenvalue weighted by atomic mass is 16.6. The molecule has 2 amide bonds. The number of rotatable bonds is 9. The van der Waals surface area contributed by atoms with Crippen molar-refractivity contribution in [3.8, 4) is 17.2 Å². The lowest BCUT2D eigenvalue weighted by Gasteiger charge is -2.24. The number of anilines is 1. The van der Waals surface area contributed by atoms with Crippen LogP contribution in [0.1, 0.15) is 27.2 Å². The molecular weight excluding hydrogens is 464 g/mol. The Morgan fingerprint density at radius 1 is 0.972 bits per heavy atom. The van der Waals surface area contributed by atoms with Crippen molar-refractivity contribution in [1.29, 1.82) is 0 Å². The van der Waals surface area contributed by atoms with Crippen molar-refractivity contribution >= 4 is 23.7 Å². The molecule has 0 aliphatic carbocycles. The molecule has 5 N–H and O–H groups in total. The molecule has 3 aromatic rings. The molecule has 2 aromatic carbocycles. The second-order valence-electron chi connectivity index (χ2n) is 9.08. The number of aliphatic carboxylic acids is 1. The summed E-state index contributed by atoms with van der Waals surface area (Å²) in [6.45, 7) is 5.01. The Kier molecular flexibility index (Phi) is 8.34. The molecule has 3 rings (SSSR count). The molecule has 0 saturated heterocycles. The maximum atomic E-state index is 12.8. The second kappa shape index (κ2) is 11.4. The van der Waals surface area contributed by atoms with E-state index in [9.17, 15) is 14.4 Å². The molecule has 1 unspecified atom stereocenters. The van der Waals surface area contributed by atoms with Crippen molar-refractivity contribution in [2.45, 2.75) is 44.9 Å². The Hall–Kier alpha value is -4.31. The van der Waals surface area contributed by atoms with E-state index in [2.05, 4.69) is 10.6 Å². The Bertz CT molecular complexity index is 1170. The topological polar surface area (TPSA) is 145 Å². The van der Waals surface area contributed by atoms with Gasteiger partial charge in [0, 0.05) is 30.2 Å². The lowest BCUT2D eigenvalue weighted by Crippen LogP contribution is -2.49. The number of nitrogens with one attached hydrogen (secondary N) is 2. The molecule has 190 valence electrons. The molecule has 0 radical (unpaired) electrons. The predicted molar refractivity (Wildman–Crippen MR) is 134 cm³/mol. The average Bonchev–Trinajstić information content (AvgIpc) is 3.34. The number of carbonyl (C=O) groups excluding carboxylic acids is 2. The SMILES string of the molecule is CC(C)(C)OC(=O)NC(C[C@H](N)C(=O)O)C(=O)Nc1ccc(Oc2ccc(-n3cccc3)cc2)cc1. The lowest BCUT2D eigenvalue weighted by molar-refractivity contribution is -0.138. The van der Waals surface area contributed by atoms with Gasteiger partial charge in [-0.25, -0.2) is 4.79 Å². The summed E-state index contributed by atoms with van der Waals surface area (Å²) < 4.78 is 13.0. The van der Waals surface area contributed by atoms with Crippen LogP contribution >= 0.6 is 0 Å². The zero-order valence-corrected chi connectivity index (χ0v) is 20.3. The summed E-state index contributed by atoms with van der Waals surface area (Å²) in [5, 5.41) is 14.2. The van der Waals surface area contributed by atoms with Crippen LogP contribution in [0, 0.1) is 0 Å². The number of hydrogen-bond donors (Lipinski definition) is 4. The number of benzene rings is 2. The summed E-state index contributed by atoms with van der Waals surface area (Å²) in [4.78, 5) is 36.2. The third-order valence-corrected chi connectivity index (χ3v) is 4.91. The molecule has 0 fully saturated rings. The molecule has 0 saturated carbocycles. The quantitative estimate of drug-likeness (QED) is 0.353. The normalized spacial score (nSPS) is 12.8. The van der Waals surface area contributed by atoms with E-state index in [0.717, 1.165) is 5.69 Å². The minimum Gasteiger partial charge on any atom is -0.480 e. The van der Waals surface area contributed by atoms with Gasteiger partial charge in [-0.2, -0.15) is 0 Å². The van der Waals surface area contributed by atoms with Crippen molar-refractivity contribution in [3.63, 3.8) is 0 Å². The standard InChI is InChI=1S/C26H30N4O6/c1-26(2,3)36-25(34)29-22(16-21(27)24(32)33)23(31)28-17-6-10-19(11-7-17)35-20-12-8-18(9-13-20)30-14-4-5-15-30/h4-15,21-22H,16,27H2,1-3H3,(H,28,31)(H,29,34)(H,32,33)/t21-,22?/m0/s1. The van der Waals surface area contributed by atoms with E-state index in [0.29, 0.717) is 17.2 Å². The summed E-state index contributed by atoms with van der Waals surface area (Å²) in [7, 11) is 0. The van der Waals surface area contributed by atoms with Crippen LogP contribution in [0.3, 0.4) is 0 Å². The first kappa shape index (κ1) is 26.3. The molecule has 10 nitrogen and oxygen atoms in total. The molecular formula is C26H30N4O6. The van der Waals surface area contributed by atoms with E-state index >= 15 is 0 Å². The molecule has 36 heavy (non-hydrogen) atoms. The predicted octanol–water partition coefficient (Wildman–Crippen LogP) is 3.90. The van der Waals surface area contributed by atoms with Crippen LogP contribution in [0.25, 0.3) is 5.69 Å². The smallest absolute Gasteiger partial charge is 0.408 e. The summed E-state index contributed by atoms with van der Waals surface area (Å²) in [6, 6.07) is 15.5. The average molecular weight is 495 g/mol. The maximum Gasteiger partial charge on any atom is 0.408 e. The molecule has 0 bridgehead atoms. The number of amides is 2. The Labute approximate surface area is 209 Å². The van der Waals surface area contributed by atoms with Crippen LogP contribution in [0.4, 0.5) is 10.5 Å². The minimum atomic E-state index is -1.35. The highest BCUT2D eigenvalue weighted by Gasteiger charge is 2.28. The van der Waals surface area contributed by atoms with E-state index < -0.39 is 35.7 Å². The number of aromatic nitrogens is 1. The van der Waals surface area contributed by atoms with Gasteiger partial charge in [0.15, 0.2) is 0 Å². The molecule has 10 heteroatoms. The van der Waals surface area contributed by atoms with E-state index in [4.69, 9.17) is 20.3 Å². The van der Waals surface area contributed by atoms with Crippen molar-refractivity contribution in [2.24, 2.45) is 5.73 Å². The van der Waals surface area contributed by atoms with Crippen molar-refractivity contribution in [1.82, 2.24) is 9.88 Å². The van der Waals surface area contributed by atoms with Gasteiger partial charge in [-0.1, -0.05) is 0 Å². The van der Waals surface area contributed by atoms with Gasteiger partial charge in [0.25, 0.3) is 0 Å². The summed E-state index contributed by atoms with van der Waals surface area (Å²) in [6.07, 6.45) is 2.73. The molecule has 0 aliphatic rings. The highest BCUT2D eigenvalue weighted by Crippen LogP contribution is 2.24. The molecule has 1 heterocycles. The van der Waals surface area contributed by atoms with Crippen molar-refractivity contribution in [2.75, 3.05) is 5.32 Å². The molecule has 1 aromatic heterocycles. The Balaban J connectivity index is 1.62. The van der Waals surface area contributed by atoms with Crippen LogP contribution in [-0.4, -0.2) is 45.3 Å². The summed E-state index contributed by atoms with van der Waals surface area (Å²) in [5.41, 5.74) is 6.23. The van der Waals surface area contributed by atoms with Gasteiger partial charge >= 0.3 is 12.1 Å². The number of nitrogens with two attached hydrogens (primary N) is 1. The summed E-state index contributed by atoms with van der Waals surface area (Å²) >= 11 is 0. The van der Waals surface area contributed by atoms with E-state index in [-0.39, 0.29) is 6.42 Å². The van der Waals surface area contributed by atoms with Crippen LogP contribution < -0.4 is 21.1 Å². The van der Waals surface area contributed by atoms with Gasteiger partial charge in [-0.3, -0.25) is 9.59 Å². The number of alkyl carbamates (subject to hydrolysis) is 1. The fraction of sp³-hybridized carbons (Fsp3) is 0.269. The number of ether oxygens (including phenoxy) is 2. The van der Waals surface area contributed by atoms with Gasteiger partial charge < -0.3 is 35.5 Å². The largest absolute Gasteiger partial charge is 0.480 e. The van der Waals surface area contributed by atoms with E-state index in [1.165, 1.54) is 0 Å².